The molecule has 4 heteroatoms. The van der Waals surface area contributed by atoms with Crippen LogP contribution in [0.2, 0.25) is 0 Å². The topological polar surface area (TPSA) is 6.48 Å². The lowest BCUT2D eigenvalue weighted by molar-refractivity contribution is 0.506. The van der Waals surface area contributed by atoms with E-state index in [1.165, 1.54) is 136 Å². The van der Waals surface area contributed by atoms with Crippen LogP contribution in [-0.4, -0.2) is 6.71 Å². The van der Waals surface area contributed by atoms with E-state index in [1.807, 2.05) is 11.3 Å². The summed E-state index contributed by atoms with van der Waals surface area (Å²) in [6.07, 6.45) is 2.11. The average molecular weight is 917 g/mol. The highest BCUT2D eigenvalue weighted by Crippen LogP contribution is 2.53. The molecule has 0 aliphatic carbocycles. The third-order valence-corrected chi connectivity index (χ3v) is 18.1. The van der Waals surface area contributed by atoms with Crippen LogP contribution >= 0.6 is 11.3 Å². The fraction of sp³-hybridized carbons (Fsp3) is 0.152. The van der Waals surface area contributed by atoms with Crippen LogP contribution < -0.4 is 26.2 Å². The maximum Gasteiger partial charge on any atom is 0.254 e. The van der Waals surface area contributed by atoms with Gasteiger partial charge in [-0.1, -0.05) is 193 Å². The molecule has 0 saturated heterocycles. The molecule has 14 rings (SSSR count). The lowest BCUT2D eigenvalue weighted by atomic mass is 9.33. The van der Waals surface area contributed by atoms with Gasteiger partial charge in [-0.15, -0.1) is 11.3 Å². The summed E-state index contributed by atoms with van der Waals surface area (Å²) in [6, 6.07) is 72.2. The maximum absolute atomic E-state index is 2.68. The molecule has 0 atom stereocenters. The first kappa shape index (κ1) is 41.6. The summed E-state index contributed by atoms with van der Waals surface area (Å²) in [5.41, 5.74) is 13.1. The number of hydrogen-bond acceptors (Lipinski definition) is 3. The van der Waals surface area contributed by atoms with Crippen molar-refractivity contribution in [3.63, 3.8) is 0 Å². The summed E-state index contributed by atoms with van der Waals surface area (Å²) in [4.78, 5) is 5.32. The molecule has 70 heavy (non-hydrogen) atoms. The largest absolute Gasteiger partial charge is 0.311 e. The molecule has 0 N–H and O–H groups in total. The number of hydrogen-bond donors (Lipinski definition) is 0. The van der Waals surface area contributed by atoms with Gasteiger partial charge in [0.2, 0.25) is 0 Å². The molecular formula is C66H53BN2S. The second-order valence-electron chi connectivity index (χ2n) is 21.2. The van der Waals surface area contributed by atoms with Crippen molar-refractivity contribution in [1.29, 1.82) is 0 Å². The zero-order chi connectivity index (χ0) is 47.2. The van der Waals surface area contributed by atoms with Gasteiger partial charge in [0.1, 0.15) is 0 Å². The Balaban J connectivity index is 1.15. The van der Waals surface area contributed by atoms with E-state index in [4.69, 9.17) is 0 Å². The quantitative estimate of drug-likeness (QED) is 0.121. The first-order chi connectivity index (χ1) is 34.2. The molecule has 0 spiro atoms. The van der Waals surface area contributed by atoms with Crippen LogP contribution in [0.5, 0.6) is 0 Å². The van der Waals surface area contributed by atoms with E-state index in [-0.39, 0.29) is 17.5 Å². The van der Waals surface area contributed by atoms with E-state index < -0.39 is 0 Å². The smallest absolute Gasteiger partial charge is 0.254 e. The highest BCUT2D eigenvalue weighted by Gasteiger charge is 2.46. The number of anilines is 6. The standard InChI is InChI=1S/C66H53BN2S/c1-7-65(3,4)40-35-37-59-52(38-40)62-64(70-59)69(56-31-18-29-51-47-23-12-10-21-43(47)45-25-14-16-27-49(45)61(51)56)58-33-19-32-57-63(58)67(62)53-39-41(66(5,6)8-2)34-36-54(53)68(57)55-30-17-28-50-46-22-11-9-20-42(46)44-24-13-15-26-48(44)60(50)55/h9-39H,7-8H2,1-6H3. The van der Waals surface area contributed by atoms with Gasteiger partial charge < -0.3 is 9.80 Å². The monoisotopic (exact) mass is 916 g/mol. The number of fused-ring (bicyclic) bond motifs is 18. The van der Waals surface area contributed by atoms with Gasteiger partial charge >= 0.3 is 0 Å². The molecule has 0 saturated carbocycles. The van der Waals surface area contributed by atoms with Crippen LogP contribution in [0, 0.1) is 0 Å². The zero-order valence-corrected chi connectivity index (χ0v) is 41.5. The van der Waals surface area contributed by atoms with Gasteiger partial charge in [0.05, 0.1) is 16.4 Å². The van der Waals surface area contributed by atoms with Crippen molar-refractivity contribution in [3.05, 3.63) is 199 Å². The molecule has 0 bridgehead atoms. The van der Waals surface area contributed by atoms with E-state index in [1.54, 1.807) is 0 Å². The Morgan fingerprint density at radius 1 is 0.371 bits per heavy atom. The summed E-state index contributed by atoms with van der Waals surface area (Å²) in [5, 5.41) is 18.1. The van der Waals surface area contributed by atoms with Gasteiger partial charge in [-0.05, 0) is 147 Å². The van der Waals surface area contributed by atoms with Gasteiger partial charge in [0, 0.05) is 32.5 Å². The molecule has 3 heterocycles. The van der Waals surface area contributed by atoms with E-state index in [0.29, 0.717) is 0 Å². The zero-order valence-electron chi connectivity index (χ0n) is 40.7. The first-order valence-corrected chi connectivity index (χ1v) is 26.1. The van der Waals surface area contributed by atoms with Gasteiger partial charge in [-0.2, -0.15) is 0 Å². The molecule has 0 amide bonds. The molecule has 1 aromatic heterocycles. The third kappa shape index (κ3) is 5.69. The molecule has 11 aromatic carbocycles. The van der Waals surface area contributed by atoms with Crippen molar-refractivity contribution >= 4 is 143 Å². The fourth-order valence-electron chi connectivity index (χ4n) is 12.5. The molecule has 2 aliphatic rings. The lowest BCUT2D eigenvalue weighted by Crippen LogP contribution is -2.61. The van der Waals surface area contributed by atoms with Crippen LogP contribution in [0.25, 0.3) is 74.7 Å². The minimum Gasteiger partial charge on any atom is -0.311 e. The van der Waals surface area contributed by atoms with Crippen LogP contribution in [0.1, 0.15) is 65.5 Å². The number of nitrogens with zero attached hydrogens (tertiary/aromatic N) is 2. The van der Waals surface area contributed by atoms with Crippen molar-refractivity contribution in [2.75, 3.05) is 9.80 Å². The molecule has 336 valence electrons. The Morgan fingerprint density at radius 3 is 1.29 bits per heavy atom. The van der Waals surface area contributed by atoms with Gasteiger partial charge in [0.15, 0.2) is 0 Å². The minimum atomic E-state index is -0.0143. The third-order valence-electron chi connectivity index (χ3n) is 16.9. The molecule has 0 unspecified atom stereocenters. The first-order valence-electron chi connectivity index (χ1n) is 25.3. The van der Waals surface area contributed by atoms with Gasteiger partial charge in [0.25, 0.3) is 6.71 Å². The van der Waals surface area contributed by atoms with Crippen molar-refractivity contribution in [2.45, 2.75) is 65.2 Å². The van der Waals surface area contributed by atoms with E-state index in [2.05, 4.69) is 239 Å². The Morgan fingerprint density at radius 2 is 0.771 bits per heavy atom. The van der Waals surface area contributed by atoms with Crippen molar-refractivity contribution in [2.24, 2.45) is 0 Å². The average Bonchev–Trinajstić information content (AvgIpc) is 3.79. The van der Waals surface area contributed by atoms with E-state index in [0.717, 1.165) is 12.8 Å². The predicted molar refractivity (Wildman–Crippen MR) is 308 cm³/mol. The summed E-state index contributed by atoms with van der Waals surface area (Å²) >= 11 is 1.96. The summed E-state index contributed by atoms with van der Waals surface area (Å²) < 4.78 is 1.33. The normalized spacial score (nSPS) is 13.6. The Labute approximate surface area is 414 Å². The van der Waals surface area contributed by atoms with E-state index in [9.17, 15) is 0 Å². The van der Waals surface area contributed by atoms with Gasteiger partial charge in [-0.25, -0.2) is 0 Å². The Bertz CT molecular complexity index is 4110. The van der Waals surface area contributed by atoms with Crippen molar-refractivity contribution in [3.8, 4) is 0 Å². The van der Waals surface area contributed by atoms with Crippen LogP contribution in [0.3, 0.4) is 0 Å². The number of thiophene rings is 1. The summed E-state index contributed by atoms with van der Waals surface area (Å²) in [7, 11) is 0. The fourth-order valence-corrected chi connectivity index (χ4v) is 13.7. The van der Waals surface area contributed by atoms with Crippen LogP contribution in [-0.2, 0) is 10.8 Å². The number of benzene rings is 11. The molecule has 0 fully saturated rings. The van der Waals surface area contributed by atoms with E-state index >= 15 is 0 Å². The molecule has 12 aromatic rings. The van der Waals surface area contributed by atoms with Crippen LogP contribution in [0.15, 0.2) is 188 Å². The second-order valence-corrected chi connectivity index (χ2v) is 22.2. The summed E-state index contributed by atoms with van der Waals surface area (Å²) in [5.74, 6) is 0. The Kier molecular flexibility index (Phi) is 8.94. The number of rotatable bonds is 6. The highest BCUT2D eigenvalue weighted by molar-refractivity contribution is 7.26. The predicted octanol–water partition coefficient (Wildman–Crippen LogP) is 17.3. The molecule has 2 aliphatic heterocycles. The summed E-state index contributed by atoms with van der Waals surface area (Å²) in [6.45, 7) is 14.3. The molecular weight excluding hydrogens is 864 g/mol. The van der Waals surface area contributed by atoms with Crippen molar-refractivity contribution in [1.82, 2.24) is 0 Å². The maximum atomic E-state index is 2.68. The molecule has 0 radical (unpaired) electrons. The lowest BCUT2D eigenvalue weighted by Gasteiger charge is -2.44. The van der Waals surface area contributed by atoms with Crippen LogP contribution in [0.4, 0.5) is 33.4 Å². The molecule has 2 nitrogen and oxygen atoms in total. The Hall–Kier alpha value is -7.40. The minimum absolute atomic E-state index is 0.00912. The van der Waals surface area contributed by atoms with Crippen molar-refractivity contribution < 1.29 is 0 Å². The second kappa shape index (κ2) is 15.1. The van der Waals surface area contributed by atoms with Gasteiger partial charge in [-0.3, -0.25) is 0 Å². The highest BCUT2D eigenvalue weighted by atomic mass is 32.1. The SMILES string of the molecule is CCC(C)(C)c1ccc2c(c1)B1c3c(cccc3N(c3cccc4c5ccccc5c5ccccc5c34)c3sc4ccc(C(C)(C)CC)cc4c31)N2c1cccc2c3ccccc3c3ccccc3c12.